The molecule has 0 fully saturated rings. The van der Waals surface area contributed by atoms with Crippen LogP contribution in [0.3, 0.4) is 0 Å². The predicted molar refractivity (Wildman–Crippen MR) is 78.3 cm³/mol. The largest absolute Gasteiger partial charge is 0.465 e. The molecule has 0 aliphatic rings. The fraction of sp³-hybridized carbons (Fsp3) is 0.667. The highest BCUT2D eigenvalue weighted by Gasteiger charge is 2.32. The van der Waals surface area contributed by atoms with Crippen LogP contribution in [0.1, 0.15) is 26.7 Å². The zero-order chi connectivity index (χ0) is 13.6. The summed E-state index contributed by atoms with van der Waals surface area (Å²) in [6.45, 7) is 4.91. The Bertz CT molecular complexity index is 394. The maximum absolute atomic E-state index is 11.8. The van der Waals surface area contributed by atoms with Crippen molar-refractivity contribution in [2.24, 2.45) is 0 Å². The molecule has 1 aromatic rings. The number of hydrogen-bond donors (Lipinski definition) is 1. The number of rotatable bonds is 7. The van der Waals surface area contributed by atoms with E-state index in [2.05, 4.69) is 33.0 Å². The molecule has 1 unspecified atom stereocenters. The van der Waals surface area contributed by atoms with Crippen LogP contribution in [0.4, 0.5) is 0 Å². The minimum Gasteiger partial charge on any atom is -0.465 e. The van der Waals surface area contributed by atoms with E-state index in [1.807, 2.05) is 30.9 Å². The smallest absolute Gasteiger partial charge is 0.326 e. The molecular weight excluding hydrogens is 345 g/mol. The lowest BCUT2D eigenvalue weighted by Crippen LogP contribution is -2.48. The fourth-order valence-corrected chi connectivity index (χ4v) is 2.12. The maximum Gasteiger partial charge on any atom is 0.326 e. The van der Waals surface area contributed by atoms with Gasteiger partial charge in [-0.1, -0.05) is 0 Å². The Morgan fingerprint density at radius 2 is 2.39 bits per heavy atom. The Morgan fingerprint density at radius 1 is 1.67 bits per heavy atom. The second-order valence-electron chi connectivity index (χ2n) is 4.33. The van der Waals surface area contributed by atoms with E-state index in [0.29, 0.717) is 6.61 Å². The summed E-state index contributed by atoms with van der Waals surface area (Å²) in [5.74, 6) is -0.192. The maximum atomic E-state index is 11.8. The van der Waals surface area contributed by atoms with Gasteiger partial charge in [0.15, 0.2) is 0 Å². The van der Waals surface area contributed by atoms with Crippen molar-refractivity contribution in [2.75, 3.05) is 13.7 Å². The summed E-state index contributed by atoms with van der Waals surface area (Å²) in [4.78, 5) is 11.8. The Kier molecular flexibility index (Phi) is 6.07. The van der Waals surface area contributed by atoms with Crippen LogP contribution < -0.4 is 5.32 Å². The van der Waals surface area contributed by atoms with Gasteiger partial charge < -0.3 is 10.1 Å². The molecule has 0 saturated heterocycles. The van der Waals surface area contributed by atoms with Crippen LogP contribution in [0.15, 0.2) is 12.4 Å². The summed E-state index contributed by atoms with van der Waals surface area (Å²) in [7, 11) is 1.79. The molecule has 1 heterocycles. The van der Waals surface area contributed by atoms with Crippen molar-refractivity contribution >= 4 is 28.6 Å². The van der Waals surface area contributed by atoms with Gasteiger partial charge in [0.05, 0.1) is 16.4 Å². The number of ether oxygens (including phenoxy) is 1. The van der Waals surface area contributed by atoms with Gasteiger partial charge in [-0.05, 0) is 56.3 Å². The van der Waals surface area contributed by atoms with E-state index >= 15 is 0 Å². The fourth-order valence-electron chi connectivity index (χ4n) is 1.67. The van der Waals surface area contributed by atoms with Crippen LogP contribution >= 0.6 is 22.6 Å². The summed E-state index contributed by atoms with van der Waals surface area (Å²) in [5.41, 5.74) is -0.615. The van der Waals surface area contributed by atoms with Crippen LogP contribution in [0.5, 0.6) is 0 Å². The zero-order valence-corrected chi connectivity index (χ0v) is 13.2. The topological polar surface area (TPSA) is 56.2 Å². The zero-order valence-electron chi connectivity index (χ0n) is 11.1. The molecule has 6 heteroatoms. The lowest BCUT2D eigenvalue weighted by molar-refractivity contribution is -0.150. The van der Waals surface area contributed by atoms with Crippen LogP contribution in [-0.4, -0.2) is 34.9 Å². The minimum absolute atomic E-state index is 0.192. The molecule has 18 heavy (non-hydrogen) atoms. The van der Waals surface area contributed by atoms with Gasteiger partial charge in [0.2, 0.25) is 0 Å². The van der Waals surface area contributed by atoms with Crippen LogP contribution in [0.2, 0.25) is 0 Å². The van der Waals surface area contributed by atoms with Gasteiger partial charge in [0.25, 0.3) is 0 Å². The normalized spacial score (nSPS) is 14.2. The molecule has 1 N–H and O–H groups in total. The molecular formula is C12H20IN3O2. The second-order valence-corrected chi connectivity index (χ2v) is 5.57. The van der Waals surface area contributed by atoms with Gasteiger partial charge in [-0.25, -0.2) is 0 Å². The molecule has 1 aromatic heterocycles. The number of nitrogens with zero attached hydrogens (tertiary/aromatic N) is 2. The third-order valence-corrected chi connectivity index (χ3v) is 3.50. The molecule has 0 aromatic carbocycles. The van der Waals surface area contributed by atoms with Gasteiger partial charge in [0, 0.05) is 12.7 Å². The number of nitrogens with one attached hydrogen (secondary N) is 1. The molecule has 1 atom stereocenters. The highest BCUT2D eigenvalue weighted by Crippen LogP contribution is 2.15. The van der Waals surface area contributed by atoms with E-state index in [4.69, 9.17) is 4.74 Å². The van der Waals surface area contributed by atoms with Gasteiger partial charge in [-0.3, -0.25) is 9.48 Å². The first-order valence-corrected chi connectivity index (χ1v) is 7.14. The van der Waals surface area contributed by atoms with Gasteiger partial charge in [-0.2, -0.15) is 5.10 Å². The lowest BCUT2D eigenvalue weighted by atomic mass is 9.96. The standard InChI is InChI=1S/C12H20IN3O2/c1-4-18-11(17)12(2,14-3)6-5-7-16-9-10(13)8-15-16/h8-9,14H,4-7H2,1-3H3. The van der Waals surface area contributed by atoms with Crippen molar-refractivity contribution in [3.63, 3.8) is 0 Å². The third kappa shape index (κ3) is 4.24. The Hall–Kier alpha value is -0.630. The molecule has 0 spiro atoms. The van der Waals surface area contributed by atoms with E-state index in [0.717, 1.165) is 23.0 Å². The average Bonchev–Trinajstić information content (AvgIpc) is 2.75. The molecule has 0 aliphatic heterocycles. The van der Waals surface area contributed by atoms with Gasteiger partial charge >= 0.3 is 5.97 Å². The van der Waals surface area contributed by atoms with E-state index < -0.39 is 5.54 Å². The quantitative estimate of drug-likeness (QED) is 0.592. The number of hydrogen-bond acceptors (Lipinski definition) is 4. The van der Waals surface area contributed by atoms with E-state index in [1.54, 1.807) is 7.05 Å². The van der Waals surface area contributed by atoms with Crippen molar-refractivity contribution in [1.82, 2.24) is 15.1 Å². The molecule has 102 valence electrons. The third-order valence-electron chi connectivity index (χ3n) is 2.94. The summed E-state index contributed by atoms with van der Waals surface area (Å²) in [6.07, 6.45) is 5.40. The van der Waals surface area contributed by atoms with Crippen molar-refractivity contribution < 1.29 is 9.53 Å². The Morgan fingerprint density at radius 3 is 2.89 bits per heavy atom. The van der Waals surface area contributed by atoms with Crippen molar-refractivity contribution in [2.45, 2.75) is 38.8 Å². The van der Waals surface area contributed by atoms with Crippen LogP contribution in [0.25, 0.3) is 0 Å². The predicted octanol–water partition coefficient (Wildman–Crippen LogP) is 1.81. The van der Waals surface area contributed by atoms with Gasteiger partial charge in [-0.15, -0.1) is 0 Å². The number of carbonyl (C=O) groups excluding carboxylic acids is 1. The number of aryl methyl sites for hydroxylation is 1. The first-order valence-electron chi connectivity index (χ1n) is 6.06. The Labute approximate surface area is 121 Å². The molecule has 0 aliphatic carbocycles. The number of aromatic nitrogens is 2. The van der Waals surface area contributed by atoms with Crippen molar-refractivity contribution in [3.05, 3.63) is 16.0 Å². The highest BCUT2D eigenvalue weighted by atomic mass is 127. The van der Waals surface area contributed by atoms with Crippen LogP contribution in [0, 0.1) is 3.57 Å². The lowest BCUT2D eigenvalue weighted by Gasteiger charge is -2.26. The van der Waals surface area contributed by atoms with Gasteiger partial charge in [0.1, 0.15) is 5.54 Å². The van der Waals surface area contributed by atoms with E-state index in [1.165, 1.54) is 0 Å². The van der Waals surface area contributed by atoms with Crippen molar-refractivity contribution in [1.29, 1.82) is 0 Å². The molecule has 0 amide bonds. The highest BCUT2D eigenvalue weighted by molar-refractivity contribution is 14.1. The monoisotopic (exact) mass is 365 g/mol. The minimum atomic E-state index is -0.615. The number of carbonyl (C=O) groups is 1. The van der Waals surface area contributed by atoms with Crippen LogP contribution in [-0.2, 0) is 16.1 Å². The summed E-state index contributed by atoms with van der Waals surface area (Å²) >= 11 is 2.23. The Balaban J connectivity index is 2.46. The number of halogens is 1. The molecule has 1 rings (SSSR count). The average molecular weight is 365 g/mol. The molecule has 0 saturated carbocycles. The molecule has 5 nitrogen and oxygen atoms in total. The molecule has 0 radical (unpaired) electrons. The number of likely N-dealkylation sites (N-methyl/N-ethyl adjacent to an activating group) is 1. The SMILES string of the molecule is CCOC(=O)C(C)(CCCn1cc(I)cn1)NC. The first-order chi connectivity index (χ1) is 8.51. The number of esters is 1. The summed E-state index contributed by atoms with van der Waals surface area (Å²) < 4.78 is 8.09. The second kappa shape index (κ2) is 7.08. The van der Waals surface area contributed by atoms with E-state index in [-0.39, 0.29) is 5.97 Å². The molecule has 0 bridgehead atoms. The summed E-state index contributed by atoms with van der Waals surface area (Å²) in [5, 5.41) is 7.26. The van der Waals surface area contributed by atoms with Crippen molar-refractivity contribution in [3.8, 4) is 0 Å². The van der Waals surface area contributed by atoms with E-state index in [9.17, 15) is 4.79 Å². The first kappa shape index (κ1) is 15.4. The summed E-state index contributed by atoms with van der Waals surface area (Å²) in [6, 6.07) is 0.